The molecule has 0 radical (unpaired) electrons. The van der Waals surface area contributed by atoms with Gasteiger partial charge in [0.25, 0.3) is 5.91 Å². The van der Waals surface area contributed by atoms with Gasteiger partial charge in [-0.1, -0.05) is 6.92 Å². The summed E-state index contributed by atoms with van der Waals surface area (Å²) in [5.74, 6) is 0.276. The summed E-state index contributed by atoms with van der Waals surface area (Å²) in [4.78, 5) is 34.5. The zero-order valence-corrected chi connectivity index (χ0v) is 29.4. The molecule has 2 saturated heterocycles. The van der Waals surface area contributed by atoms with Crippen molar-refractivity contribution in [2.75, 3.05) is 74.6 Å². The fourth-order valence-corrected chi connectivity index (χ4v) is 7.40. The first-order chi connectivity index (χ1) is 24.7. The Hall–Kier alpha value is -5.04. The van der Waals surface area contributed by atoms with Gasteiger partial charge in [-0.05, 0) is 68.1 Å². The van der Waals surface area contributed by atoms with Crippen LogP contribution < -0.4 is 20.9 Å². The van der Waals surface area contributed by atoms with Crippen molar-refractivity contribution in [1.82, 2.24) is 19.4 Å². The van der Waals surface area contributed by atoms with E-state index in [-0.39, 0.29) is 11.8 Å². The van der Waals surface area contributed by atoms with Gasteiger partial charge in [0.05, 0.1) is 28.9 Å². The molecule has 0 saturated carbocycles. The normalized spacial score (nSPS) is 21.2. The Labute approximate surface area is 296 Å². The second-order valence-corrected chi connectivity index (χ2v) is 13.9. The smallest absolute Gasteiger partial charge is 0.258 e. The van der Waals surface area contributed by atoms with Crippen LogP contribution in [0.5, 0.6) is 0 Å². The van der Waals surface area contributed by atoms with Crippen LogP contribution in [-0.4, -0.2) is 90.7 Å². The summed E-state index contributed by atoms with van der Waals surface area (Å²) < 4.78 is 35.6. The van der Waals surface area contributed by atoms with Gasteiger partial charge in [-0.25, -0.2) is 13.8 Å². The summed E-state index contributed by atoms with van der Waals surface area (Å²) in [7, 11) is 1.65. The quantitative estimate of drug-likeness (QED) is 0.295. The predicted molar refractivity (Wildman–Crippen MR) is 197 cm³/mol. The van der Waals surface area contributed by atoms with Crippen LogP contribution in [0.1, 0.15) is 41.5 Å². The number of hydrogen-bond acceptors (Lipinski definition) is 9. The lowest BCUT2D eigenvalue weighted by molar-refractivity contribution is 0.102. The number of benzene rings is 2. The highest BCUT2D eigenvalue weighted by Gasteiger charge is 2.30. The number of nitrogens with one attached hydrogen (secondary N) is 1. The fourth-order valence-electron chi connectivity index (χ4n) is 7.40. The number of aryl methyl sites for hydroxylation is 1. The van der Waals surface area contributed by atoms with Gasteiger partial charge in [0.2, 0.25) is 11.8 Å². The Bertz CT molecular complexity index is 1960. The van der Waals surface area contributed by atoms with Gasteiger partial charge < -0.3 is 24.8 Å². The van der Waals surface area contributed by atoms with E-state index in [1.807, 2.05) is 17.9 Å². The van der Waals surface area contributed by atoms with E-state index >= 15 is 0 Å². The van der Waals surface area contributed by atoms with Crippen LogP contribution in [0.15, 0.2) is 59.7 Å². The first-order valence-electron chi connectivity index (χ1n) is 17.7. The van der Waals surface area contributed by atoms with Crippen LogP contribution in [-0.2, 0) is 11.3 Å². The third kappa shape index (κ3) is 7.53. The van der Waals surface area contributed by atoms with Crippen LogP contribution in [0.3, 0.4) is 0 Å². The van der Waals surface area contributed by atoms with Gasteiger partial charge in [0.15, 0.2) is 0 Å². The van der Waals surface area contributed by atoms with E-state index in [0.29, 0.717) is 59.1 Å². The Kier molecular flexibility index (Phi) is 9.90. The van der Waals surface area contributed by atoms with Gasteiger partial charge >= 0.3 is 0 Å². The Morgan fingerprint density at radius 1 is 0.980 bits per heavy atom. The van der Waals surface area contributed by atoms with Gasteiger partial charge in [-0.15, -0.1) is 0 Å². The molecule has 1 atom stereocenters. The van der Waals surface area contributed by atoms with E-state index < -0.39 is 11.6 Å². The molecule has 5 heterocycles. The highest BCUT2D eigenvalue weighted by atomic mass is 19.1. The second-order valence-electron chi connectivity index (χ2n) is 13.9. The first-order valence-corrected chi connectivity index (χ1v) is 17.7. The molecule has 268 valence electrons. The first kappa shape index (κ1) is 34.4. The molecule has 2 aromatic carbocycles. The number of ether oxygens (including phenoxy) is 1. The number of nitrogens with zero attached hydrogens (tertiary/aromatic N) is 7. The SMILES string of the molecule is CN=C1OCCCC(C)Cn2c(nc3ccc(N4CCN(CC5CN(c6cc(F)cc(F)c6)C5)CC4)cc32)NC(=O)c2cc(C)nc(c2)C1=CN. The minimum atomic E-state index is -0.540. The minimum absolute atomic E-state index is 0.276. The largest absolute Gasteiger partial charge is 0.477 e. The molecule has 13 heteroatoms. The zero-order valence-electron chi connectivity index (χ0n) is 29.4. The number of halogens is 2. The molecule has 0 spiro atoms. The number of fused-ring (bicyclic) bond motifs is 5. The number of carbonyl (C=O) groups excluding carboxylic acids is 1. The van der Waals surface area contributed by atoms with Crippen molar-refractivity contribution in [1.29, 1.82) is 0 Å². The summed E-state index contributed by atoms with van der Waals surface area (Å²) in [6.07, 6.45) is 3.14. The lowest BCUT2D eigenvalue weighted by Gasteiger charge is -2.45. The number of amides is 1. The van der Waals surface area contributed by atoms with E-state index in [9.17, 15) is 13.6 Å². The third-order valence-electron chi connectivity index (χ3n) is 10.0. The number of piperazine rings is 1. The maximum Gasteiger partial charge on any atom is 0.258 e. The molecule has 2 fully saturated rings. The molecule has 51 heavy (non-hydrogen) atoms. The number of hydrogen-bond donors (Lipinski definition) is 2. The van der Waals surface area contributed by atoms with Crippen molar-refractivity contribution in [3.63, 3.8) is 0 Å². The van der Waals surface area contributed by atoms with Crippen molar-refractivity contribution in [2.45, 2.75) is 33.2 Å². The summed E-state index contributed by atoms with van der Waals surface area (Å²) in [5, 5.41) is 3.10. The van der Waals surface area contributed by atoms with Crippen molar-refractivity contribution in [3.8, 4) is 0 Å². The number of pyridine rings is 1. The highest BCUT2D eigenvalue weighted by molar-refractivity contribution is 6.19. The number of aliphatic imine (C=N–C) groups is 1. The van der Waals surface area contributed by atoms with Crippen molar-refractivity contribution < 1.29 is 18.3 Å². The molecule has 2 bridgehead atoms. The number of anilines is 3. The minimum Gasteiger partial charge on any atom is -0.477 e. The zero-order chi connectivity index (χ0) is 35.6. The summed E-state index contributed by atoms with van der Waals surface area (Å²) in [6.45, 7) is 11.4. The third-order valence-corrected chi connectivity index (χ3v) is 10.0. The Morgan fingerprint density at radius 3 is 2.47 bits per heavy atom. The van der Waals surface area contributed by atoms with E-state index in [0.717, 1.165) is 81.4 Å². The van der Waals surface area contributed by atoms with E-state index in [2.05, 4.69) is 48.7 Å². The van der Waals surface area contributed by atoms with Crippen LogP contribution in [0.2, 0.25) is 0 Å². The molecule has 3 aliphatic rings. The number of imidazole rings is 1. The maximum atomic E-state index is 13.7. The van der Waals surface area contributed by atoms with Crippen LogP contribution in [0.25, 0.3) is 16.6 Å². The summed E-state index contributed by atoms with van der Waals surface area (Å²) in [6, 6.07) is 13.5. The standard InChI is InChI=1S/C38H45F2N9O2/c1-24-5-4-12-51-37(42-3)32(19-41)34-14-27(13-25(2)43-34)36(50)45-38-44-33-7-6-30(18-35(33)49(38)20-24)47-10-8-46(9-11-47)21-26-22-48(23-26)31-16-28(39)15-29(40)17-31/h6-7,13-19,24,26H,4-5,8-12,20-23,41H2,1-3H3,(H,44,45,50). The van der Waals surface area contributed by atoms with Gasteiger partial charge in [-0.3, -0.25) is 25.0 Å². The molecular formula is C38H45F2N9O2. The van der Waals surface area contributed by atoms with Gasteiger partial charge in [-0.2, -0.15) is 0 Å². The molecule has 11 nitrogen and oxygen atoms in total. The topological polar surface area (TPSA) is 117 Å². The Morgan fingerprint density at radius 2 is 1.75 bits per heavy atom. The van der Waals surface area contributed by atoms with Crippen LogP contribution >= 0.6 is 0 Å². The predicted octanol–water partition coefficient (Wildman–Crippen LogP) is 5.30. The van der Waals surface area contributed by atoms with E-state index in [4.69, 9.17) is 15.5 Å². The van der Waals surface area contributed by atoms with Crippen LogP contribution in [0.4, 0.5) is 26.1 Å². The lowest BCUT2D eigenvalue weighted by Crippen LogP contribution is -2.55. The molecular weight excluding hydrogens is 652 g/mol. The fraction of sp³-hybridized carbons (Fsp3) is 0.421. The maximum absolute atomic E-state index is 13.7. The van der Waals surface area contributed by atoms with Crippen LogP contribution in [0, 0.1) is 30.4 Å². The van der Waals surface area contributed by atoms with Gasteiger partial charge in [0, 0.05) is 100 Å². The van der Waals surface area contributed by atoms with E-state index in [1.54, 1.807) is 19.2 Å². The number of carbonyl (C=O) groups is 1. The molecule has 0 aliphatic carbocycles. The summed E-state index contributed by atoms with van der Waals surface area (Å²) >= 11 is 0. The average Bonchev–Trinajstić information content (AvgIpc) is 3.42. The molecule has 3 N–H and O–H groups in total. The molecule has 1 unspecified atom stereocenters. The van der Waals surface area contributed by atoms with Gasteiger partial charge in [0.1, 0.15) is 11.6 Å². The average molecular weight is 698 g/mol. The summed E-state index contributed by atoms with van der Waals surface area (Å²) in [5.41, 5.74) is 11.7. The number of rotatable bonds is 4. The lowest BCUT2D eigenvalue weighted by atomic mass is 9.98. The van der Waals surface area contributed by atoms with Crippen molar-refractivity contribution >= 4 is 45.7 Å². The molecule has 7 rings (SSSR count). The van der Waals surface area contributed by atoms with E-state index in [1.165, 1.54) is 18.3 Å². The van der Waals surface area contributed by atoms with Crippen molar-refractivity contribution in [3.05, 3.63) is 83.3 Å². The highest BCUT2D eigenvalue weighted by Crippen LogP contribution is 2.30. The second kappa shape index (κ2) is 14.7. The Balaban J connectivity index is 1.07. The number of aromatic nitrogens is 3. The molecule has 4 aromatic rings. The molecule has 3 aliphatic heterocycles. The van der Waals surface area contributed by atoms with Crippen molar-refractivity contribution in [2.24, 2.45) is 22.6 Å². The molecule has 1 amide bonds. The monoisotopic (exact) mass is 697 g/mol. The molecule has 2 aromatic heterocycles. The number of nitrogens with two attached hydrogens (primary N) is 1.